The van der Waals surface area contributed by atoms with Crippen molar-refractivity contribution in [1.82, 2.24) is 0 Å². The summed E-state index contributed by atoms with van der Waals surface area (Å²) in [5, 5.41) is -0.611. The standard InChI is InChI=1S/C13H15ClO3S/c1-4-17-13(16)10-7-9(12(15)8(2)14)5-6-11(10)18-3/h5-8H,4H2,1-3H3. The maximum Gasteiger partial charge on any atom is 0.339 e. The van der Waals surface area contributed by atoms with E-state index in [0.717, 1.165) is 4.90 Å². The zero-order chi connectivity index (χ0) is 13.7. The van der Waals surface area contributed by atoms with E-state index >= 15 is 0 Å². The summed E-state index contributed by atoms with van der Waals surface area (Å²) >= 11 is 7.19. The maximum atomic E-state index is 11.8. The predicted octanol–water partition coefficient (Wildman–Crippen LogP) is 3.40. The summed E-state index contributed by atoms with van der Waals surface area (Å²) in [6.45, 7) is 3.65. The van der Waals surface area contributed by atoms with Gasteiger partial charge in [-0.25, -0.2) is 4.79 Å². The van der Waals surface area contributed by atoms with E-state index in [1.807, 2.05) is 6.26 Å². The third-order valence-corrected chi connectivity index (χ3v) is 3.33. The van der Waals surface area contributed by atoms with Crippen LogP contribution in [-0.4, -0.2) is 30.0 Å². The van der Waals surface area contributed by atoms with Gasteiger partial charge in [0.25, 0.3) is 0 Å². The number of halogens is 1. The Kier molecular flexibility index (Phi) is 5.69. The van der Waals surface area contributed by atoms with Gasteiger partial charge in [-0.05, 0) is 32.2 Å². The van der Waals surface area contributed by atoms with Crippen LogP contribution in [0.2, 0.25) is 0 Å². The first-order chi connectivity index (χ1) is 8.51. The first kappa shape index (κ1) is 15.1. The molecule has 0 aliphatic rings. The zero-order valence-corrected chi connectivity index (χ0v) is 12.1. The summed E-state index contributed by atoms with van der Waals surface area (Å²) < 4.78 is 4.97. The number of esters is 1. The van der Waals surface area contributed by atoms with Crippen molar-refractivity contribution in [3.63, 3.8) is 0 Å². The van der Waals surface area contributed by atoms with E-state index in [2.05, 4.69) is 0 Å². The molecule has 0 saturated heterocycles. The molecule has 0 bridgehead atoms. The number of rotatable bonds is 5. The number of carbonyl (C=O) groups is 2. The van der Waals surface area contributed by atoms with Crippen LogP contribution in [0.5, 0.6) is 0 Å². The van der Waals surface area contributed by atoms with Crippen LogP contribution in [-0.2, 0) is 4.74 Å². The summed E-state index contributed by atoms with van der Waals surface area (Å²) in [6.07, 6.45) is 1.86. The Morgan fingerprint density at radius 3 is 2.61 bits per heavy atom. The fourth-order valence-electron chi connectivity index (χ4n) is 1.46. The van der Waals surface area contributed by atoms with Gasteiger partial charge in [0.2, 0.25) is 0 Å². The van der Waals surface area contributed by atoms with Crippen LogP contribution in [0.3, 0.4) is 0 Å². The van der Waals surface area contributed by atoms with Crippen LogP contribution in [0, 0.1) is 0 Å². The number of hydrogen-bond acceptors (Lipinski definition) is 4. The van der Waals surface area contributed by atoms with Crippen molar-refractivity contribution in [2.75, 3.05) is 12.9 Å². The lowest BCUT2D eigenvalue weighted by atomic mass is 10.1. The van der Waals surface area contributed by atoms with Crippen LogP contribution < -0.4 is 0 Å². The van der Waals surface area contributed by atoms with E-state index in [1.165, 1.54) is 11.8 Å². The number of thioether (sulfide) groups is 1. The summed E-state index contributed by atoms with van der Waals surface area (Å²) in [7, 11) is 0. The fourth-order valence-corrected chi connectivity index (χ4v) is 2.15. The number of carbonyl (C=O) groups excluding carboxylic acids is 2. The SMILES string of the molecule is CCOC(=O)c1cc(C(=O)C(C)Cl)ccc1SC. The van der Waals surface area contributed by atoms with Gasteiger partial charge >= 0.3 is 5.97 Å². The van der Waals surface area contributed by atoms with Crippen molar-refractivity contribution in [2.24, 2.45) is 0 Å². The topological polar surface area (TPSA) is 43.4 Å². The van der Waals surface area contributed by atoms with E-state index in [4.69, 9.17) is 16.3 Å². The number of alkyl halides is 1. The van der Waals surface area contributed by atoms with Crippen LogP contribution >= 0.6 is 23.4 Å². The van der Waals surface area contributed by atoms with Gasteiger partial charge in [0.1, 0.15) is 0 Å². The second-order valence-electron chi connectivity index (χ2n) is 3.62. The van der Waals surface area contributed by atoms with Gasteiger partial charge in [-0.3, -0.25) is 4.79 Å². The van der Waals surface area contributed by atoms with E-state index in [1.54, 1.807) is 32.0 Å². The van der Waals surface area contributed by atoms with Gasteiger partial charge < -0.3 is 4.74 Å². The van der Waals surface area contributed by atoms with Gasteiger partial charge in [-0.15, -0.1) is 23.4 Å². The van der Waals surface area contributed by atoms with E-state index in [9.17, 15) is 9.59 Å². The number of hydrogen-bond donors (Lipinski definition) is 0. The average molecular weight is 287 g/mol. The smallest absolute Gasteiger partial charge is 0.339 e. The average Bonchev–Trinajstić information content (AvgIpc) is 2.37. The second-order valence-corrected chi connectivity index (χ2v) is 5.12. The second kappa shape index (κ2) is 6.81. The Balaban J connectivity index is 3.17. The third-order valence-electron chi connectivity index (χ3n) is 2.34. The van der Waals surface area contributed by atoms with Gasteiger partial charge in [0.05, 0.1) is 17.5 Å². The van der Waals surface area contributed by atoms with Crippen LogP contribution in [0.25, 0.3) is 0 Å². The largest absolute Gasteiger partial charge is 0.462 e. The summed E-state index contributed by atoms with van der Waals surface area (Å²) in [4.78, 5) is 24.4. The Morgan fingerprint density at radius 2 is 2.11 bits per heavy atom. The fraction of sp³-hybridized carbons (Fsp3) is 0.385. The molecule has 1 atom stereocenters. The van der Waals surface area contributed by atoms with Crippen molar-refractivity contribution in [2.45, 2.75) is 24.1 Å². The quantitative estimate of drug-likeness (QED) is 0.360. The molecule has 1 aromatic carbocycles. The Labute approximate surface area is 116 Å². The minimum atomic E-state index is -0.611. The molecule has 0 heterocycles. The highest BCUT2D eigenvalue weighted by atomic mass is 35.5. The van der Waals surface area contributed by atoms with E-state index < -0.39 is 11.3 Å². The van der Waals surface area contributed by atoms with Gasteiger partial charge in [0.15, 0.2) is 5.78 Å². The number of ether oxygens (including phenoxy) is 1. The predicted molar refractivity (Wildman–Crippen MR) is 73.8 cm³/mol. The molecule has 18 heavy (non-hydrogen) atoms. The molecular formula is C13H15ClO3S. The highest BCUT2D eigenvalue weighted by Gasteiger charge is 2.18. The minimum absolute atomic E-state index is 0.199. The van der Waals surface area contributed by atoms with Crippen molar-refractivity contribution < 1.29 is 14.3 Å². The normalized spacial score (nSPS) is 12.0. The monoisotopic (exact) mass is 286 g/mol. The van der Waals surface area contributed by atoms with Crippen molar-refractivity contribution >= 4 is 35.1 Å². The number of ketones is 1. The molecule has 0 radical (unpaired) electrons. The van der Waals surface area contributed by atoms with Crippen molar-refractivity contribution in [1.29, 1.82) is 0 Å². The molecule has 1 rings (SSSR count). The third kappa shape index (κ3) is 3.50. The van der Waals surface area contributed by atoms with E-state index in [-0.39, 0.29) is 5.78 Å². The highest BCUT2D eigenvalue weighted by molar-refractivity contribution is 7.98. The molecule has 1 aromatic rings. The minimum Gasteiger partial charge on any atom is -0.462 e. The Bertz CT molecular complexity index is 458. The highest BCUT2D eigenvalue weighted by Crippen LogP contribution is 2.23. The molecule has 5 heteroatoms. The lowest BCUT2D eigenvalue weighted by molar-refractivity contribution is 0.0522. The molecule has 1 unspecified atom stereocenters. The number of benzene rings is 1. The molecule has 0 amide bonds. The summed E-state index contributed by atoms with van der Waals surface area (Å²) in [5.41, 5.74) is 0.839. The van der Waals surface area contributed by atoms with Gasteiger partial charge in [-0.1, -0.05) is 6.07 Å². The summed E-state index contributed by atoms with van der Waals surface area (Å²) in [6, 6.07) is 4.96. The van der Waals surface area contributed by atoms with Crippen LogP contribution in [0.4, 0.5) is 0 Å². The molecule has 98 valence electrons. The zero-order valence-electron chi connectivity index (χ0n) is 10.5. The molecule has 0 aromatic heterocycles. The molecule has 3 nitrogen and oxygen atoms in total. The maximum absolute atomic E-state index is 11.8. The summed E-state index contributed by atoms with van der Waals surface area (Å²) in [5.74, 6) is -0.617. The van der Waals surface area contributed by atoms with Gasteiger partial charge in [0, 0.05) is 10.5 Å². The molecule has 0 spiro atoms. The molecule has 0 aliphatic heterocycles. The molecule has 0 aliphatic carbocycles. The molecule has 0 fully saturated rings. The van der Waals surface area contributed by atoms with Gasteiger partial charge in [-0.2, -0.15) is 0 Å². The van der Waals surface area contributed by atoms with Crippen molar-refractivity contribution in [3.8, 4) is 0 Å². The molecular weight excluding hydrogens is 272 g/mol. The Hall–Kier alpha value is -1.000. The Morgan fingerprint density at radius 1 is 1.44 bits per heavy atom. The number of Topliss-reactive ketones (excluding diaryl/α,β-unsaturated/α-hetero) is 1. The lowest BCUT2D eigenvalue weighted by Crippen LogP contribution is -2.13. The molecule has 0 N–H and O–H groups in total. The molecule has 0 saturated carbocycles. The van der Waals surface area contributed by atoms with Crippen LogP contribution in [0.1, 0.15) is 34.6 Å². The first-order valence-corrected chi connectivity index (χ1v) is 7.20. The lowest BCUT2D eigenvalue weighted by Gasteiger charge is -2.09. The van der Waals surface area contributed by atoms with Crippen molar-refractivity contribution in [3.05, 3.63) is 29.3 Å². The van der Waals surface area contributed by atoms with E-state index in [0.29, 0.717) is 17.7 Å². The first-order valence-electron chi connectivity index (χ1n) is 5.54. The van der Waals surface area contributed by atoms with Crippen LogP contribution in [0.15, 0.2) is 23.1 Å².